The molecule has 6 N–H and O–H groups in total. The van der Waals surface area contributed by atoms with Gasteiger partial charge in [0.15, 0.2) is 48.2 Å². The number of carboxylic acids is 3. The van der Waals surface area contributed by atoms with E-state index < -0.39 is 17.9 Å². The highest BCUT2D eigenvalue weighted by Crippen LogP contribution is 2.07. The number of aromatic carboxylic acids is 3. The molecule has 0 radical (unpaired) electrons. The van der Waals surface area contributed by atoms with Gasteiger partial charge in [0.25, 0.3) is 0 Å². The van der Waals surface area contributed by atoms with Gasteiger partial charge >= 0.3 is 17.9 Å². The molecule has 0 saturated heterocycles. The molecule has 0 unspecified atom stereocenters. The molecular formula is C25H24O18. The van der Waals surface area contributed by atoms with E-state index in [1.807, 2.05) is 0 Å². The fraction of sp³-hybridized carbons (Fsp3) is 0.0800. The molecular weight excluding hydrogens is 588 g/mol. The quantitative estimate of drug-likeness (QED) is 0.208. The van der Waals surface area contributed by atoms with E-state index in [0.29, 0.717) is 30.9 Å². The van der Waals surface area contributed by atoms with Crippen molar-refractivity contribution in [3.05, 3.63) is 105 Å². The summed E-state index contributed by atoms with van der Waals surface area (Å²) in [6.45, 7) is -0.159. The lowest BCUT2D eigenvalue weighted by atomic mass is 10.4. The number of hydrogen-bond donors (Lipinski definition) is 4. The number of carboxylic acid groups (broad SMARTS) is 3. The lowest BCUT2D eigenvalue weighted by molar-refractivity contribution is 0.0625. The SMILES string of the molecule is C.O.O=C(O)c1ccc(C(=O)O)o1.O=Cc1ccc(C(=O)O)o1.O=Cc1ccc(C=O)o1.O=Cc1ccc(CO)o1.O=O. The van der Waals surface area contributed by atoms with E-state index in [0.717, 1.165) is 12.1 Å². The second-order valence-corrected chi connectivity index (χ2v) is 6.46. The van der Waals surface area contributed by atoms with E-state index in [2.05, 4.69) is 13.3 Å². The molecule has 18 nitrogen and oxygen atoms in total. The fourth-order valence-corrected chi connectivity index (χ4v) is 2.14. The number of aldehydes is 4. The van der Waals surface area contributed by atoms with Crippen molar-refractivity contribution in [2.45, 2.75) is 14.0 Å². The third-order valence-electron chi connectivity index (χ3n) is 3.82. The van der Waals surface area contributed by atoms with E-state index in [9.17, 15) is 33.6 Å². The van der Waals surface area contributed by atoms with Gasteiger partial charge in [0.1, 0.15) is 12.4 Å². The number of carbonyl (C=O) groups is 7. The molecule has 4 aromatic rings. The van der Waals surface area contributed by atoms with Crippen molar-refractivity contribution in [1.82, 2.24) is 0 Å². The van der Waals surface area contributed by atoms with Crippen molar-refractivity contribution >= 4 is 43.1 Å². The Hall–Kier alpha value is -6.27. The minimum atomic E-state index is -1.28. The zero-order valence-corrected chi connectivity index (χ0v) is 20.7. The maximum atomic E-state index is 10.2. The van der Waals surface area contributed by atoms with Gasteiger partial charge < -0.3 is 43.6 Å². The first-order chi connectivity index (χ1) is 19.6. The molecule has 4 aromatic heterocycles. The highest BCUT2D eigenvalue weighted by atomic mass is 16.7. The van der Waals surface area contributed by atoms with Crippen LogP contribution in [0.4, 0.5) is 0 Å². The predicted octanol–water partition coefficient (Wildman–Crippen LogP) is 2.83. The van der Waals surface area contributed by atoms with E-state index >= 15 is 0 Å². The minimum absolute atomic E-state index is 0. The van der Waals surface area contributed by atoms with Crippen LogP contribution < -0.4 is 0 Å². The summed E-state index contributed by atoms with van der Waals surface area (Å²) in [5.41, 5.74) is 0. The smallest absolute Gasteiger partial charge is 0.371 e. The number of aliphatic hydroxyl groups is 1. The van der Waals surface area contributed by atoms with Crippen molar-refractivity contribution in [3.8, 4) is 0 Å². The number of furan rings is 4. The van der Waals surface area contributed by atoms with Gasteiger partial charge in [-0.3, -0.25) is 19.2 Å². The lowest BCUT2D eigenvalue weighted by Crippen LogP contribution is -1.94. The molecule has 0 fully saturated rings. The van der Waals surface area contributed by atoms with Gasteiger partial charge in [-0.25, -0.2) is 14.4 Å². The molecule has 0 saturated carbocycles. The highest BCUT2D eigenvalue weighted by molar-refractivity contribution is 5.89. The Bertz CT molecular complexity index is 1380. The Morgan fingerprint density at radius 2 is 0.837 bits per heavy atom. The average Bonchev–Trinajstić information content (AvgIpc) is 3.80. The standard InChI is InChI=1S/C6H4O5.C6H4O4.C6H6O3.C6H4O3.CH4.O2.H2O/c7-5(8)3-1-2-4(11-3)6(9)10;7-3-4-1-2-5(10-4)6(8)9;2*7-3-5-1-2-6(4-8)9-5;;1-2;/h1-2H,(H,7,8)(H,9,10);1-3H,(H,8,9);1-3,8H,4H2;1-4H;1H4;;1H2. The zero-order chi connectivity index (χ0) is 31.4. The molecule has 18 heteroatoms. The van der Waals surface area contributed by atoms with Gasteiger partial charge in [-0.2, -0.15) is 0 Å². The lowest BCUT2D eigenvalue weighted by Gasteiger charge is -1.84. The van der Waals surface area contributed by atoms with Gasteiger partial charge in [0.05, 0.1) is 0 Å². The minimum Gasteiger partial charge on any atom is -0.475 e. The largest absolute Gasteiger partial charge is 0.475 e. The summed E-state index contributed by atoms with van der Waals surface area (Å²) in [6, 6.07) is 10.7. The van der Waals surface area contributed by atoms with E-state index in [1.165, 1.54) is 30.3 Å². The number of carbonyl (C=O) groups excluding carboxylic acids is 4. The molecule has 4 heterocycles. The Kier molecular flexibility index (Phi) is 21.6. The van der Waals surface area contributed by atoms with E-state index in [-0.39, 0.29) is 59.8 Å². The first-order valence-electron chi connectivity index (χ1n) is 10.2. The van der Waals surface area contributed by atoms with Gasteiger partial charge in [0, 0.05) is 9.93 Å². The molecule has 0 aliphatic rings. The van der Waals surface area contributed by atoms with E-state index in [4.69, 9.17) is 34.8 Å². The average molecular weight is 612 g/mol. The summed E-state index contributed by atoms with van der Waals surface area (Å²) in [6.07, 6.45) is 2.14. The topological polar surface area (TPSA) is 319 Å². The van der Waals surface area contributed by atoms with Crippen LogP contribution in [0.2, 0.25) is 0 Å². The molecule has 0 spiro atoms. The van der Waals surface area contributed by atoms with Crippen LogP contribution in [-0.4, -0.2) is 69.0 Å². The Morgan fingerprint density at radius 1 is 0.535 bits per heavy atom. The number of rotatable bonds is 8. The van der Waals surface area contributed by atoms with Crippen LogP contribution in [0.1, 0.15) is 87.1 Å². The first kappa shape index (κ1) is 41.2. The number of aliphatic hydroxyl groups excluding tert-OH is 1. The summed E-state index contributed by atoms with van der Waals surface area (Å²) in [4.78, 5) is 84.2. The summed E-state index contributed by atoms with van der Waals surface area (Å²) in [5, 5.41) is 33.3. The van der Waals surface area contributed by atoms with Gasteiger partial charge in [0.2, 0.25) is 17.3 Å². The molecule has 0 atom stereocenters. The molecule has 0 aliphatic carbocycles. The van der Waals surface area contributed by atoms with Crippen LogP contribution in [0.25, 0.3) is 0 Å². The second kappa shape index (κ2) is 22.5. The van der Waals surface area contributed by atoms with Crippen LogP contribution in [0.5, 0.6) is 0 Å². The maximum absolute atomic E-state index is 10.2. The fourth-order valence-electron chi connectivity index (χ4n) is 2.14. The Balaban J connectivity index is -0.000000480. The van der Waals surface area contributed by atoms with Crippen LogP contribution in [0.15, 0.2) is 66.2 Å². The van der Waals surface area contributed by atoms with Crippen molar-refractivity contribution in [1.29, 1.82) is 0 Å². The van der Waals surface area contributed by atoms with Crippen LogP contribution >= 0.6 is 0 Å². The monoisotopic (exact) mass is 612 g/mol. The van der Waals surface area contributed by atoms with Gasteiger partial charge in [-0.05, 0) is 48.5 Å². The van der Waals surface area contributed by atoms with Gasteiger partial charge in [-0.15, -0.1) is 0 Å². The zero-order valence-electron chi connectivity index (χ0n) is 20.7. The van der Waals surface area contributed by atoms with Crippen LogP contribution in [0, 0.1) is 9.93 Å². The second-order valence-electron chi connectivity index (χ2n) is 6.46. The molecule has 232 valence electrons. The maximum Gasteiger partial charge on any atom is 0.371 e. The molecule has 0 amide bonds. The van der Waals surface area contributed by atoms with Crippen LogP contribution in [-0.2, 0) is 6.61 Å². The number of hydrogen-bond acceptors (Lipinski definition) is 14. The Morgan fingerprint density at radius 3 is 1.07 bits per heavy atom. The van der Waals surface area contributed by atoms with E-state index in [1.54, 1.807) is 6.07 Å². The van der Waals surface area contributed by atoms with Crippen molar-refractivity contribution in [3.63, 3.8) is 0 Å². The predicted molar refractivity (Wildman–Crippen MR) is 140 cm³/mol. The highest BCUT2D eigenvalue weighted by Gasteiger charge is 2.12. The summed E-state index contributed by atoms with van der Waals surface area (Å²) in [7, 11) is 0. The summed E-state index contributed by atoms with van der Waals surface area (Å²) in [5.74, 6) is -3.65. The molecule has 43 heavy (non-hydrogen) atoms. The normalized spacial score (nSPS) is 8.49. The van der Waals surface area contributed by atoms with Crippen molar-refractivity contribution < 1.29 is 77.1 Å². The summed E-state index contributed by atoms with van der Waals surface area (Å²) < 4.78 is 18.3. The molecule has 0 aromatic carbocycles. The van der Waals surface area contributed by atoms with Gasteiger partial charge in [-0.1, -0.05) is 7.43 Å². The molecule has 4 rings (SSSR count). The Labute approximate surface area is 239 Å². The van der Waals surface area contributed by atoms with Crippen molar-refractivity contribution in [2.75, 3.05) is 0 Å². The summed E-state index contributed by atoms with van der Waals surface area (Å²) >= 11 is 0. The molecule has 0 aliphatic heterocycles. The van der Waals surface area contributed by atoms with Crippen molar-refractivity contribution in [2.24, 2.45) is 0 Å². The third-order valence-corrected chi connectivity index (χ3v) is 3.82. The first-order valence-corrected chi connectivity index (χ1v) is 10.2. The molecule has 0 bridgehead atoms. The van der Waals surface area contributed by atoms with Crippen LogP contribution in [0.3, 0.4) is 0 Å². The third kappa shape index (κ3) is 15.2.